The molecular formula is C12H23N3O6. The molecule has 0 bridgehead atoms. The Morgan fingerprint density at radius 1 is 1.24 bits per heavy atom. The van der Waals surface area contributed by atoms with Crippen molar-refractivity contribution < 1.29 is 29.4 Å². The lowest BCUT2D eigenvalue weighted by molar-refractivity contribution is -0.140. The maximum atomic E-state index is 11.4. The molecule has 122 valence electrons. The molecule has 0 aromatic rings. The molecule has 0 saturated carbocycles. The fourth-order valence-corrected chi connectivity index (χ4v) is 1.23. The van der Waals surface area contributed by atoms with E-state index in [2.05, 4.69) is 5.32 Å². The van der Waals surface area contributed by atoms with Gasteiger partial charge in [-0.05, 0) is 6.42 Å². The van der Waals surface area contributed by atoms with Crippen molar-refractivity contribution in [1.82, 2.24) is 10.2 Å². The van der Waals surface area contributed by atoms with Gasteiger partial charge in [-0.1, -0.05) is 13.8 Å². The third-order valence-electron chi connectivity index (χ3n) is 2.15. The molecule has 5 N–H and O–H groups in total. The zero-order valence-electron chi connectivity index (χ0n) is 12.2. The number of aliphatic carboxylic acids is 2. The standard InChI is InChI=1S/C10H17N3O6.C2H6/c11-7(10(18)19)1-2-12-8(15)5-13(3-4-14)6-9(16)17;1-2/h4,7H,1-3,5-6,11H2,(H,12,15)(H,16,17)(H,18,19);1-2H3. The van der Waals surface area contributed by atoms with Crippen LogP contribution < -0.4 is 11.1 Å². The number of nitrogens with one attached hydrogen (secondary N) is 1. The van der Waals surface area contributed by atoms with Gasteiger partial charge in [-0.15, -0.1) is 0 Å². The molecule has 0 aliphatic carbocycles. The van der Waals surface area contributed by atoms with E-state index < -0.39 is 30.4 Å². The molecule has 9 heteroatoms. The molecule has 1 unspecified atom stereocenters. The van der Waals surface area contributed by atoms with Crippen LogP contribution in [0.4, 0.5) is 0 Å². The maximum absolute atomic E-state index is 11.4. The van der Waals surface area contributed by atoms with E-state index in [1.807, 2.05) is 13.8 Å². The van der Waals surface area contributed by atoms with Crippen LogP contribution in [0.15, 0.2) is 0 Å². The van der Waals surface area contributed by atoms with Crippen LogP contribution in [0.25, 0.3) is 0 Å². The van der Waals surface area contributed by atoms with E-state index in [4.69, 9.17) is 15.9 Å². The summed E-state index contributed by atoms with van der Waals surface area (Å²) in [6.07, 6.45) is 0.560. The number of nitrogens with zero attached hydrogens (tertiary/aromatic N) is 1. The number of nitrogens with two attached hydrogens (primary N) is 1. The summed E-state index contributed by atoms with van der Waals surface area (Å²) in [7, 11) is 0. The van der Waals surface area contributed by atoms with E-state index in [0.717, 1.165) is 4.90 Å². The summed E-state index contributed by atoms with van der Waals surface area (Å²) < 4.78 is 0. The second kappa shape index (κ2) is 13.0. The van der Waals surface area contributed by atoms with Crippen molar-refractivity contribution in [2.75, 3.05) is 26.2 Å². The predicted molar refractivity (Wildman–Crippen MR) is 74.7 cm³/mol. The third kappa shape index (κ3) is 12.8. The van der Waals surface area contributed by atoms with Gasteiger partial charge in [-0.2, -0.15) is 0 Å². The normalized spacial score (nSPS) is 11.0. The van der Waals surface area contributed by atoms with Crippen LogP contribution >= 0.6 is 0 Å². The van der Waals surface area contributed by atoms with E-state index in [1.165, 1.54) is 0 Å². The van der Waals surface area contributed by atoms with Crippen molar-refractivity contribution in [1.29, 1.82) is 0 Å². The van der Waals surface area contributed by atoms with E-state index in [0.29, 0.717) is 6.29 Å². The summed E-state index contributed by atoms with van der Waals surface area (Å²) in [6, 6.07) is -1.06. The van der Waals surface area contributed by atoms with E-state index in [1.54, 1.807) is 0 Å². The van der Waals surface area contributed by atoms with Gasteiger partial charge in [0.1, 0.15) is 12.3 Å². The SMILES string of the molecule is CC.NC(CCNC(=O)CN(CC=O)CC(=O)O)C(=O)O. The summed E-state index contributed by atoms with van der Waals surface area (Å²) >= 11 is 0. The van der Waals surface area contributed by atoms with Gasteiger partial charge < -0.3 is 26.1 Å². The van der Waals surface area contributed by atoms with E-state index in [9.17, 15) is 19.2 Å². The molecule has 0 fully saturated rings. The predicted octanol–water partition coefficient (Wildman–Crippen LogP) is -1.48. The smallest absolute Gasteiger partial charge is 0.320 e. The van der Waals surface area contributed by atoms with Crippen LogP contribution in [0, 0.1) is 0 Å². The van der Waals surface area contributed by atoms with Gasteiger partial charge in [0.2, 0.25) is 5.91 Å². The van der Waals surface area contributed by atoms with Gasteiger partial charge in [-0.25, -0.2) is 0 Å². The van der Waals surface area contributed by atoms with Crippen molar-refractivity contribution in [2.24, 2.45) is 5.73 Å². The van der Waals surface area contributed by atoms with Gasteiger partial charge in [0, 0.05) is 6.54 Å². The average molecular weight is 305 g/mol. The zero-order valence-corrected chi connectivity index (χ0v) is 12.2. The number of rotatable bonds is 10. The van der Waals surface area contributed by atoms with E-state index in [-0.39, 0.29) is 26.1 Å². The number of hydrogen-bond donors (Lipinski definition) is 4. The zero-order chi connectivity index (χ0) is 16.8. The molecular weight excluding hydrogens is 282 g/mol. The first-order valence-electron chi connectivity index (χ1n) is 6.49. The topological polar surface area (TPSA) is 150 Å². The number of carbonyl (C=O) groups is 4. The van der Waals surface area contributed by atoms with Crippen LogP contribution in [0.5, 0.6) is 0 Å². The first-order valence-corrected chi connectivity index (χ1v) is 6.49. The summed E-state index contributed by atoms with van der Waals surface area (Å²) in [5.41, 5.74) is 5.23. The molecule has 0 aliphatic rings. The largest absolute Gasteiger partial charge is 0.480 e. The monoisotopic (exact) mass is 305 g/mol. The molecule has 21 heavy (non-hydrogen) atoms. The van der Waals surface area contributed by atoms with Crippen LogP contribution in [-0.2, 0) is 19.2 Å². The van der Waals surface area contributed by atoms with Crippen molar-refractivity contribution in [3.05, 3.63) is 0 Å². The minimum atomic E-state index is -1.16. The number of carboxylic acids is 2. The van der Waals surface area contributed by atoms with Crippen molar-refractivity contribution in [3.63, 3.8) is 0 Å². The third-order valence-corrected chi connectivity index (χ3v) is 2.15. The van der Waals surface area contributed by atoms with Crippen LogP contribution in [-0.4, -0.2) is 71.5 Å². The van der Waals surface area contributed by atoms with E-state index >= 15 is 0 Å². The Bertz CT molecular complexity index is 348. The number of hydrogen-bond acceptors (Lipinski definition) is 6. The molecule has 0 aliphatic heterocycles. The minimum Gasteiger partial charge on any atom is -0.480 e. The minimum absolute atomic E-state index is 0.0632. The Kier molecular flexibility index (Phi) is 13.2. The highest BCUT2D eigenvalue weighted by molar-refractivity contribution is 5.79. The Hall–Kier alpha value is -2.00. The Labute approximate surface area is 123 Å². The highest BCUT2D eigenvalue weighted by atomic mass is 16.4. The highest BCUT2D eigenvalue weighted by Gasteiger charge is 2.15. The van der Waals surface area contributed by atoms with Gasteiger partial charge in [0.25, 0.3) is 0 Å². The summed E-state index contributed by atoms with van der Waals surface area (Å²) in [4.78, 5) is 43.7. The lowest BCUT2D eigenvalue weighted by Gasteiger charge is -2.16. The molecule has 1 amide bonds. The summed E-state index contributed by atoms with van der Waals surface area (Å²) in [5.74, 6) is -2.81. The van der Waals surface area contributed by atoms with Crippen molar-refractivity contribution in [3.8, 4) is 0 Å². The molecule has 0 saturated heterocycles. The number of aldehydes is 1. The lowest BCUT2D eigenvalue weighted by atomic mass is 10.2. The molecule has 0 aromatic carbocycles. The fourth-order valence-electron chi connectivity index (χ4n) is 1.23. The van der Waals surface area contributed by atoms with Crippen molar-refractivity contribution in [2.45, 2.75) is 26.3 Å². The average Bonchev–Trinajstić information content (AvgIpc) is 2.40. The Morgan fingerprint density at radius 3 is 2.24 bits per heavy atom. The molecule has 0 radical (unpaired) electrons. The van der Waals surface area contributed by atoms with Gasteiger partial charge >= 0.3 is 11.9 Å². The van der Waals surface area contributed by atoms with Gasteiger partial charge in [0.15, 0.2) is 0 Å². The fraction of sp³-hybridized carbons (Fsp3) is 0.667. The molecule has 9 nitrogen and oxygen atoms in total. The second-order valence-electron chi connectivity index (χ2n) is 3.81. The van der Waals surface area contributed by atoms with Crippen LogP contribution in [0.3, 0.4) is 0 Å². The molecule has 1 atom stereocenters. The van der Waals surface area contributed by atoms with Crippen LogP contribution in [0.1, 0.15) is 20.3 Å². The summed E-state index contributed by atoms with van der Waals surface area (Å²) in [5, 5.41) is 19.5. The second-order valence-corrected chi connectivity index (χ2v) is 3.81. The number of carbonyl (C=O) groups excluding carboxylic acids is 2. The van der Waals surface area contributed by atoms with Gasteiger partial charge in [0.05, 0.1) is 19.6 Å². The van der Waals surface area contributed by atoms with Gasteiger partial charge in [-0.3, -0.25) is 19.3 Å². The molecule has 0 rings (SSSR count). The Balaban J connectivity index is 0. The molecule has 0 heterocycles. The highest BCUT2D eigenvalue weighted by Crippen LogP contribution is 1.89. The molecule has 0 spiro atoms. The maximum Gasteiger partial charge on any atom is 0.320 e. The molecule has 0 aromatic heterocycles. The number of amides is 1. The first-order chi connectivity index (χ1) is 9.86. The summed E-state index contributed by atoms with van der Waals surface area (Å²) in [6.45, 7) is 3.21. The van der Waals surface area contributed by atoms with Crippen molar-refractivity contribution >= 4 is 24.1 Å². The van der Waals surface area contributed by atoms with Crippen LogP contribution in [0.2, 0.25) is 0 Å². The first kappa shape index (κ1) is 21.3. The number of carboxylic acid groups (broad SMARTS) is 2. The quantitative estimate of drug-likeness (QED) is 0.357. The Morgan fingerprint density at radius 2 is 1.81 bits per heavy atom. The lowest BCUT2D eigenvalue weighted by Crippen LogP contribution is -2.42.